The minimum absolute atomic E-state index is 0.0877. The molecule has 0 unspecified atom stereocenters. The highest BCUT2D eigenvalue weighted by Crippen LogP contribution is 2.67. The number of esters is 1. The first kappa shape index (κ1) is 31.5. The molecular formula is C35H59N3O2. The third-order valence-electron chi connectivity index (χ3n) is 12.7. The normalized spacial score (nSPS) is 37.5. The van der Waals surface area contributed by atoms with Gasteiger partial charge in [0.1, 0.15) is 12.1 Å². The van der Waals surface area contributed by atoms with Crippen LogP contribution in [0.2, 0.25) is 0 Å². The summed E-state index contributed by atoms with van der Waals surface area (Å²) in [7, 11) is 0. The average Bonchev–Trinajstić information content (AvgIpc) is 3.25. The lowest BCUT2D eigenvalue weighted by atomic mass is 9.47. The van der Waals surface area contributed by atoms with Crippen molar-refractivity contribution in [3.05, 3.63) is 22.1 Å². The van der Waals surface area contributed by atoms with Crippen molar-refractivity contribution in [2.45, 2.75) is 145 Å². The van der Waals surface area contributed by atoms with Crippen molar-refractivity contribution in [2.75, 3.05) is 0 Å². The van der Waals surface area contributed by atoms with Crippen molar-refractivity contribution in [3.8, 4) is 0 Å². The Balaban J connectivity index is 1.41. The topological polar surface area (TPSA) is 75.1 Å². The quantitative estimate of drug-likeness (QED) is 0.0839. The van der Waals surface area contributed by atoms with Crippen LogP contribution in [0.5, 0.6) is 0 Å². The van der Waals surface area contributed by atoms with E-state index < -0.39 is 6.04 Å². The molecule has 0 spiro atoms. The summed E-state index contributed by atoms with van der Waals surface area (Å²) < 4.78 is 5.98. The van der Waals surface area contributed by atoms with E-state index in [1.165, 1.54) is 56.9 Å². The molecule has 0 N–H and O–H groups in total. The molecule has 0 heterocycles. The molecule has 3 fully saturated rings. The minimum Gasteiger partial charge on any atom is -0.462 e. The molecule has 0 bridgehead atoms. The number of azide groups is 1. The fourth-order valence-corrected chi connectivity index (χ4v) is 10.3. The number of rotatable bonds is 11. The van der Waals surface area contributed by atoms with Gasteiger partial charge in [-0.2, -0.15) is 0 Å². The summed E-state index contributed by atoms with van der Waals surface area (Å²) in [6.45, 7) is 19.1. The van der Waals surface area contributed by atoms with Gasteiger partial charge in [0.05, 0.1) is 0 Å². The lowest BCUT2D eigenvalue weighted by Crippen LogP contribution is -2.51. The highest BCUT2D eigenvalue weighted by molar-refractivity contribution is 5.76. The first-order valence-electron chi connectivity index (χ1n) is 16.9. The van der Waals surface area contributed by atoms with Gasteiger partial charge in [0.2, 0.25) is 0 Å². The van der Waals surface area contributed by atoms with Crippen LogP contribution in [0.3, 0.4) is 0 Å². The molecule has 10 atom stereocenters. The SMILES string of the molecule is CC[C@H](CC[C@@H](C)[C@H]1CC[C@H]2[C@@H]3CC=C4C[C@@H](OC(=O)[C@H](CC(C)C)N=[N+]=[N-])CC[C@]4(C)[C@H]3CC[C@]12C)C(C)C. The van der Waals surface area contributed by atoms with Crippen LogP contribution in [-0.4, -0.2) is 18.1 Å². The van der Waals surface area contributed by atoms with Crippen LogP contribution in [0.4, 0.5) is 0 Å². The third kappa shape index (κ3) is 6.16. The number of carbonyl (C=O) groups is 1. The van der Waals surface area contributed by atoms with Gasteiger partial charge in [0.25, 0.3) is 0 Å². The Bertz CT molecular complexity index is 968. The van der Waals surface area contributed by atoms with Gasteiger partial charge in [-0.3, -0.25) is 4.79 Å². The maximum atomic E-state index is 12.9. The van der Waals surface area contributed by atoms with E-state index in [9.17, 15) is 4.79 Å². The Hall–Kier alpha value is -1.48. The second-order valence-corrected chi connectivity index (χ2v) is 15.6. The number of carbonyl (C=O) groups excluding carboxylic acids is 1. The summed E-state index contributed by atoms with van der Waals surface area (Å²) in [5.41, 5.74) is 11.2. The summed E-state index contributed by atoms with van der Waals surface area (Å²) in [6.07, 6.45) is 16.8. The molecule has 4 rings (SSSR count). The van der Waals surface area contributed by atoms with E-state index in [0.717, 1.165) is 60.7 Å². The van der Waals surface area contributed by atoms with E-state index >= 15 is 0 Å². The molecule has 5 heteroatoms. The number of fused-ring (bicyclic) bond motifs is 5. The molecule has 0 aromatic carbocycles. The van der Waals surface area contributed by atoms with Crippen molar-refractivity contribution < 1.29 is 9.53 Å². The lowest BCUT2D eigenvalue weighted by Gasteiger charge is -2.58. The number of allylic oxidation sites excluding steroid dienone is 1. The molecule has 226 valence electrons. The highest BCUT2D eigenvalue weighted by atomic mass is 16.5. The van der Waals surface area contributed by atoms with Crippen molar-refractivity contribution >= 4 is 5.97 Å². The summed E-state index contributed by atoms with van der Waals surface area (Å²) in [6, 6.07) is -0.713. The van der Waals surface area contributed by atoms with Gasteiger partial charge in [-0.1, -0.05) is 85.0 Å². The van der Waals surface area contributed by atoms with Gasteiger partial charge in [-0.05, 0) is 121 Å². The van der Waals surface area contributed by atoms with Crippen LogP contribution in [0, 0.1) is 58.2 Å². The van der Waals surface area contributed by atoms with Gasteiger partial charge in [0, 0.05) is 11.3 Å². The average molecular weight is 554 g/mol. The van der Waals surface area contributed by atoms with Crippen molar-refractivity contribution in [2.24, 2.45) is 63.3 Å². The number of hydrogen-bond acceptors (Lipinski definition) is 3. The van der Waals surface area contributed by atoms with E-state index in [2.05, 4.69) is 57.6 Å². The minimum atomic E-state index is -0.713. The van der Waals surface area contributed by atoms with Crippen LogP contribution in [-0.2, 0) is 9.53 Å². The largest absolute Gasteiger partial charge is 0.462 e. The number of hydrogen-bond donors (Lipinski definition) is 0. The van der Waals surface area contributed by atoms with Gasteiger partial charge < -0.3 is 4.74 Å². The van der Waals surface area contributed by atoms with Crippen LogP contribution in [0.1, 0.15) is 132 Å². The molecule has 0 saturated heterocycles. The molecule has 40 heavy (non-hydrogen) atoms. The fourth-order valence-electron chi connectivity index (χ4n) is 10.3. The smallest absolute Gasteiger partial charge is 0.315 e. The molecule has 4 aliphatic carbocycles. The number of ether oxygens (including phenoxy) is 1. The Morgan fingerprint density at radius 2 is 1.82 bits per heavy atom. The Morgan fingerprint density at radius 3 is 2.48 bits per heavy atom. The molecule has 4 aliphatic rings. The molecule has 0 aliphatic heterocycles. The summed E-state index contributed by atoms with van der Waals surface area (Å²) in [5.74, 6) is 5.75. The second-order valence-electron chi connectivity index (χ2n) is 15.6. The first-order valence-corrected chi connectivity index (χ1v) is 16.9. The van der Waals surface area contributed by atoms with E-state index in [1.54, 1.807) is 0 Å². The van der Waals surface area contributed by atoms with Gasteiger partial charge >= 0.3 is 5.97 Å². The van der Waals surface area contributed by atoms with Crippen LogP contribution in [0.15, 0.2) is 16.8 Å². The zero-order valence-corrected chi connectivity index (χ0v) is 27.0. The second kappa shape index (κ2) is 12.8. The fraction of sp³-hybridized carbons (Fsp3) is 0.914. The monoisotopic (exact) mass is 553 g/mol. The van der Waals surface area contributed by atoms with E-state index in [4.69, 9.17) is 10.3 Å². The predicted molar refractivity (Wildman–Crippen MR) is 164 cm³/mol. The molecule has 0 radical (unpaired) electrons. The van der Waals surface area contributed by atoms with Crippen molar-refractivity contribution in [1.29, 1.82) is 0 Å². The zero-order valence-electron chi connectivity index (χ0n) is 27.0. The Kier molecular flexibility index (Phi) is 10.1. The van der Waals surface area contributed by atoms with Gasteiger partial charge in [-0.15, -0.1) is 0 Å². The summed E-state index contributed by atoms with van der Waals surface area (Å²) >= 11 is 0. The standard InChI is InChI=1S/C35H59N3O2/c1-9-25(23(4)5)11-10-24(6)29-14-15-30-28-13-12-26-21-27(40-33(39)32(37-38-36)20-22(2)3)16-18-34(26,7)31(28)17-19-35(29,30)8/h12,22-25,27-32H,9-11,13-21H2,1-8H3/t24-,25-,27+,28+,29-,30+,31+,32+,34+,35-/m1/s1. The van der Waals surface area contributed by atoms with E-state index in [1.807, 2.05) is 13.8 Å². The predicted octanol–water partition coefficient (Wildman–Crippen LogP) is 10.3. The molecule has 3 saturated carbocycles. The van der Waals surface area contributed by atoms with Gasteiger partial charge in [0.15, 0.2) is 0 Å². The lowest BCUT2D eigenvalue weighted by molar-refractivity contribution is -0.153. The first-order chi connectivity index (χ1) is 18.9. The highest BCUT2D eigenvalue weighted by Gasteiger charge is 2.59. The van der Waals surface area contributed by atoms with Crippen molar-refractivity contribution in [1.82, 2.24) is 0 Å². The van der Waals surface area contributed by atoms with E-state index in [-0.39, 0.29) is 23.4 Å². The molecule has 0 aromatic heterocycles. The van der Waals surface area contributed by atoms with Crippen molar-refractivity contribution in [3.63, 3.8) is 0 Å². The third-order valence-corrected chi connectivity index (χ3v) is 12.7. The maximum Gasteiger partial charge on any atom is 0.315 e. The van der Waals surface area contributed by atoms with E-state index in [0.29, 0.717) is 11.8 Å². The van der Waals surface area contributed by atoms with Crippen LogP contribution in [0.25, 0.3) is 10.4 Å². The molecule has 0 aromatic rings. The maximum absolute atomic E-state index is 12.9. The Labute approximate surface area is 245 Å². The summed E-state index contributed by atoms with van der Waals surface area (Å²) in [5, 5.41) is 3.76. The molecule has 5 nitrogen and oxygen atoms in total. The Morgan fingerprint density at radius 1 is 1.07 bits per heavy atom. The molecular weight excluding hydrogens is 494 g/mol. The van der Waals surface area contributed by atoms with Crippen LogP contribution < -0.4 is 0 Å². The molecule has 0 amide bonds. The number of nitrogens with zero attached hydrogens (tertiary/aromatic N) is 3. The van der Waals surface area contributed by atoms with Crippen LogP contribution >= 0.6 is 0 Å². The summed E-state index contributed by atoms with van der Waals surface area (Å²) in [4.78, 5) is 15.8. The zero-order chi connectivity index (χ0) is 29.2. The van der Waals surface area contributed by atoms with Gasteiger partial charge in [-0.25, -0.2) is 0 Å².